The lowest BCUT2D eigenvalue weighted by molar-refractivity contribution is -0.151. The quantitative estimate of drug-likeness (QED) is 0.615. The molecule has 3 rings (SSSR count). The Labute approximate surface area is 78.6 Å². The molecule has 3 heteroatoms. The normalized spacial score (nSPS) is 43.2. The molecule has 0 heterocycles. The van der Waals surface area contributed by atoms with Crippen LogP contribution in [0.25, 0.3) is 0 Å². The van der Waals surface area contributed by atoms with E-state index in [9.17, 15) is 4.79 Å². The van der Waals surface area contributed by atoms with Gasteiger partial charge < -0.3 is 10.5 Å². The first-order valence-electron chi connectivity index (χ1n) is 5.05. The molecule has 3 aliphatic rings. The number of esters is 1. The van der Waals surface area contributed by atoms with Gasteiger partial charge in [-0.2, -0.15) is 0 Å². The minimum absolute atomic E-state index is 0.0263. The highest BCUT2D eigenvalue weighted by Crippen LogP contribution is 2.44. The van der Waals surface area contributed by atoms with Gasteiger partial charge in [-0.1, -0.05) is 0 Å². The molecule has 0 radical (unpaired) electrons. The first-order chi connectivity index (χ1) is 6.22. The van der Waals surface area contributed by atoms with Crippen LogP contribution in [0, 0.1) is 17.8 Å². The van der Waals surface area contributed by atoms with E-state index in [1.54, 1.807) is 0 Å². The van der Waals surface area contributed by atoms with Crippen molar-refractivity contribution in [2.75, 3.05) is 7.11 Å². The van der Waals surface area contributed by atoms with Gasteiger partial charge in [-0.05, 0) is 37.5 Å². The van der Waals surface area contributed by atoms with Crippen LogP contribution in [0.15, 0.2) is 0 Å². The Balaban J connectivity index is 2.06. The lowest BCUT2D eigenvalue weighted by atomic mass is 9.62. The maximum absolute atomic E-state index is 11.4. The maximum atomic E-state index is 11.4. The largest absolute Gasteiger partial charge is 0.469 e. The summed E-state index contributed by atoms with van der Waals surface area (Å²) in [5.41, 5.74) is 5.97. The topological polar surface area (TPSA) is 52.3 Å². The highest BCUT2D eigenvalue weighted by Gasteiger charge is 2.43. The van der Waals surface area contributed by atoms with Crippen LogP contribution in [0.1, 0.15) is 25.7 Å². The van der Waals surface area contributed by atoms with Crippen LogP contribution in [-0.2, 0) is 9.53 Å². The number of carbonyl (C=O) groups is 1. The minimum Gasteiger partial charge on any atom is -0.469 e. The average molecular weight is 183 g/mol. The number of rotatable bonds is 1. The Hall–Kier alpha value is -0.570. The number of methoxy groups -OCH3 is 1. The van der Waals surface area contributed by atoms with Gasteiger partial charge in [0.15, 0.2) is 0 Å². The second kappa shape index (κ2) is 3.29. The number of hydrogen-bond donors (Lipinski definition) is 1. The molecule has 0 aromatic carbocycles. The van der Waals surface area contributed by atoms with E-state index < -0.39 is 0 Å². The minimum atomic E-state index is -0.0263. The summed E-state index contributed by atoms with van der Waals surface area (Å²) in [5.74, 6) is 1.17. The van der Waals surface area contributed by atoms with E-state index >= 15 is 0 Å². The predicted octanol–water partition coefficient (Wildman–Crippen LogP) is 0.923. The second-order valence-electron chi connectivity index (χ2n) is 4.36. The Kier molecular flexibility index (Phi) is 2.28. The van der Waals surface area contributed by atoms with E-state index in [2.05, 4.69) is 0 Å². The molecule has 13 heavy (non-hydrogen) atoms. The standard InChI is InChI=1S/C10H17NO2/c1-13-10(12)8-4-7-3-2-6(8)5-9(7)11/h6-9H,2-5,11H2,1H3/t6-,7-,8-,9-/m0/s1. The Morgan fingerprint density at radius 3 is 2.46 bits per heavy atom. The Morgan fingerprint density at radius 1 is 1.31 bits per heavy atom. The molecular formula is C10H17NO2. The maximum Gasteiger partial charge on any atom is 0.308 e. The number of carbonyl (C=O) groups excluding carboxylic acids is 1. The van der Waals surface area contributed by atoms with Gasteiger partial charge in [0, 0.05) is 6.04 Å². The molecule has 0 aromatic rings. The van der Waals surface area contributed by atoms with Gasteiger partial charge in [0.1, 0.15) is 0 Å². The van der Waals surface area contributed by atoms with Gasteiger partial charge in [0.05, 0.1) is 13.0 Å². The lowest BCUT2D eigenvalue weighted by Crippen LogP contribution is -2.47. The molecule has 0 unspecified atom stereocenters. The lowest BCUT2D eigenvalue weighted by Gasteiger charge is -2.44. The van der Waals surface area contributed by atoms with Crippen molar-refractivity contribution >= 4 is 5.97 Å². The first-order valence-corrected chi connectivity index (χ1v) is 5.05. The van der Waals surface area contributed by atoms with Crippen molar-refractivity contribution in [3.05, 3.63) is 0 Å². The molecule has 74 valence electrons. The number of hydrogen-bond acceptors (Lipinski definition) is 3. The Morgan fingerprint density at radius 2 is 2.00 bits per heavy atom. The van der Waals surface area contributed by atoms with Crippen LogP contribution < -0.4 is 5.73 Å². The van der Waals surface area contributed by atoms with E-state index in [-0.39, 0.29) is 11.9 Å². The fraction of sp³-hybridized carbons (Fsp3) is 0.900. The van der Waals surface area contributed by atoms with Crippen LogP contribution in [0.3, 0.4) is 0 Å². The summed E-state index contributed by atoms with van der Waals surface area (Å²) in [7, 11) is 1.48. The van der Waals surface area contributed by atoms with Crippen molar-refractivity contribution in [3.63, 3.8) is 0 Å². The molecule has 3 saturated carbocycles. The summed E-state index contributed by atoms with van der Waals surface area (Å²) in [6.45, 7) is 0. The van der Waals surface area contributed by atoms with Crippen molar-refractivity contribution in [1.29, 1.82) is 0 Å². The van der Waals surface area contributed by atoms with Gasteiger partial charge >= 0.3 is 5.97 Å². The molecule has 3 fully saturated rings. The molecule has 0 saturated heterocycles. The zero-order valence-electron chi connectivity index (χ0n) is 8.03. The molecule has 0 spiro atoms. The number of nitrogens with two attached hydrogens (primary N) is 1. The van der Waals surface area contributed by atoms with E-state index in [0.29, 0.717) is 17.9 Å². The predicted molar refractivity (Wildman–Crippen MR) is 48.9 cm³/mol. The van der Waals surface area contributed by atoms with Gasteiger partial charge in [-0.25, -0.2) is 0 Å². The van der Waals surface area contributed by atoms with Crippen molar-refractivity contribution < 1.29 is 9.53 Å². The second-order valence-corrected chi connectivity index (χ2v) is 4.36. The summed E-state index contributed by atoms with van der Waals surface area (Å²) in [6.07, 6.45) is 4.35. The monoisotopic (exact) mass is 183 g/mol. The molecule has 0 aromatic heterocycles. The zero-order chi connectivity index (χ0) is 9.42. The van der Waals surface area contributed by atoms with Crippen molar-refractivity contribution in [2.45, 2.75) is 31.7 Å². The number of fused-ring (bicyclic) bond motifs is 3. The molecule has 3 aliphatic carbocycles. The molecule has 4 atom stereocenters. The van der Waals surface area contributed by atoms with Crippen LogP contribution in [0.4, 0.5) is 0 Å². The Bertz CT molecular complexity index is 217. The van der Waals surface area contributed by atoms with Gasteiger partial charge in [-0.15, -0.1) is 0 Å². The van der Waals surface area contributed by atoms with Crippen LogP contribution >= 0.6 is 0 Å². The van der Waals surface area contributed by atoms with Crippen molar-refractivity contribution in [1.82, 2.24) is 0 Å². The summed E-state index contributed by atoms with van der Waals surface area (Å²) in [5, 5.41) is 0. The summed E-state index contributed by atoms with van der Waals surface area (Å²) in [4.78, 5) is 11.4. The van der Waals surface area contributed by atoms with Crippen LogP contribution in [0.5, 0.6) is 0 Å². The summed E-state index contributed by atoms with van der Waals surface area (Å²) in [6, 6.07) is 0.333. The SMILES string of the molecule is COC(=O)[C@H]1C[C@@H]2CC[C@H]1C[C@@H]2N. The highest BCUT2D eigenvalue weighted by molar-refractivity contribution is 5.73. The van der Waals surface area contributed by atoms with Crippen molar-refractivity contribution in [3.8, 4) is 0 Å². The van der Waals surface area contributed by atoms with Crippen LogP contribution in [0.2, 0.25) is 0 Å². The van der Waals surface area contributed by atoms with Gasteiger partial charge in [0.25, 0.3) is 0 Å². The molecular weight excluding hydrogens is 166 g/mol. The highest BCUT2D eigenvalue weighted by atomic mass is 16.5. The van der Waals surface area contributed by atoms with Gasteiger partial charge in [0.2, 0.25) is 0 Å². The fourth-order valence-electron chi connectivity index (χ4n) is 2.92. The third kappa shape index (κ3) is 1.46. The van der Waals surface area contributed by atoms with Gasteiger partial charge in [-0.3, -0.25) is 4.79 Å². The smallest absolute Gasteiger partial charge is 0.308 e. The fourth-order valence-corrected chi connectivity index (χ4v) is 2.92. The molecule has 3 nitrogen and oxygen atoms in total. The van der Waals surface area contributed by atoms with E-state index in [4.69, 9.17) is 10.5 Å². The third-order valence-electron chi connectivity index (χ3n) is 3.72. The zero-order valence-corrected chi connectivity index (χ0v) is 8.03. The molecule has 0 amide bonds. The van der Waals surface area contributed by atoms with E-state index in [1.165, 1.54) is 13.5 Å². The summed E-state index contributed by atoms with van der Waals surface area (Å²) >= 11 is 0. The molecule has 0 aliphatic heterocycles. The van der Waals surface area contributed by atoms with E-state index in [0.717, 1.165) is 19.3 Å². The first kappa shape index (κ1) is 9.00. The molecule has 2 N–H and O–H groups in total. The average Bonchev–Trinajstić information content (AvgIpc) is 2.17. The number of ether oxygens (including phenoxy) is 1. The third-order valence-corrected chi connectivity index (χ3v) is 3.72. The van der Waals surface area contributed by atoms with Crippen molar-refractivity contribution in [2.24, 2.45) is 23.5 Å². The van der Waals surface area contributed by atoms with Crippen LogP contribution in [-0.4, -0.2) is 19.1 Å². The van der Waals surface area contributed by atoms with E-state index in [1.807, 2.05) is 0 Å². The summed E-state index contributed by atoms with van der Waals surface area (Å²) < 4.78 is 4.80. The molecule has 2 bridgehead atoms.